The molecule has 2 aromatic carbocycles. The smallest absolute Gasteiger partial charge is 0.142 e. The van der Waals surface area contributed by atoms with Crippen molar-refractivity contribution in [1.82, 2.24) is 0 Å². The lowest BCUT2D eigenvalue weighted by Gasteiger charge is -2.05. The lowest BCUT2D eigenvalue weighted by molar-refractivity contribution is -0.118. The third-order valence-electron chi connectivity index (χ3n) is 3.06. The van der Waals surface area contributed by atoms with Crippen LogP contribution in [0.4, 0.5) is 10.1 Å². The molecular formula is C16H15ClFNO. The Bertz CT molecular complexity index is 628. The summed E-state index contributed by atoms with van der Waals surface area (Å²) in [7, 11) is 0. The van der Waals surface area contributed by atoms with Crippen molar-refractivity contribution in [1.29, 1.82) is 0 Å². The van der Waals surface area contributed by atoms with Gasteiger partial charge in [-0.25, -0.2) is 4.39 Å². The van der Waals surface area contributed by atoms with Crippen molar-refractivity contribution in [2.75, 3.05) is 5.73 Å². The highest BCUT2D eigenvalue weighted by atomic mass is 35.5. The molecule has 0 aliphatic rings. The van der Waals surface area contributed by atoms with E-state index in [0.29, 0.717) is 24.1 Å². The maximum absolute atomic E-state index is 13.3. The number of nitrogen functional groups attached to an aromatic ring is 1. The molecule has 0 amide bonds. The first-order valence-corrected chi connectivity index (χ1v) is 6.73. The van der Waals surface area contributed by atoms with E-state index in [0.717, 1.165) is 5.56 Å². The van der Waals surface area contributed by atoms with Crippen LogP contribution in [0.3, 0.4) is 0 Å². The minimum absolute atomic E-state index is 0.0277. The highest BCUT2D eigenvalue weighted by Gasteiger charge is 2.10. The van der Waals surface area contributed by atoms with Crippen LogP contribution in [0.2, 0.25) is 5.02 Å². The molecule has 4 heteroatoms. The van der Waals surface area contributed by atoms with Crippen LogP contribution >= 0.6 is 11.6 Å². The standard InChI is InChI=1S/C16H15ClFNO/c17-16-12(4-2-6-15(16)18)10-14(20)8-7-11-3-1-5-13(19)9-11/h1-6,9H,7-8,10,19H2. The van der Waals surface area contributed by atoms with E-state index in [-0.39, 0.29) is 17.2 Å². The number of ketones is 1. The van der Waals surface area contributed by atoms with Gasteiger partial charge < -0.3 is 5.73 Å². The van der Waals surface area contributed by atoms with Crippen LogP contribution in [0.1, 0.15) is 17.5 Å². The number of hydrogen-bond donors (Lipinski definition) is 1. The molecule has 0 aliphatic heterocycles. The van der Waals surface area contributed by atoms with Gasteiger partial charge in [0.15, 0.2) is 0 Å². The third kappa shape index (κ3) is 3.81. The van der Waals surface area contributed by atoms with E-state index in [1.54, 1.807) is 18.2 Å². The van der Waals surface area contributed by atoms with Gasteiger partial charge in [0, 0.05) is 18.5 Å². The summed E-state index contributed by atoms with van der Waals surface area (Å²) >= 11 is 5.83. The molecule has 0 unspecified atom stereocenters. The SMILES string of the molecule is Nc1cccc(CCC(=O)Cc2cccc(F)c2Cl)c1. The number of benzene rings is 2. The van der Waals surface area contributed by atoms with Crippen LogP contribution in [0, 0.1) is 5.82 Å². The average molecular weight is 292 g/mol. The zero-order chi connectivity index (χ0) is 14.5. The number of hydrogen-bond acceptors (Lipinski definition) is 2. The highest BCUT2D eigenvalue weighted by molar-refractivity contribution is 6.31. The highest BCUT2D eigenvalue weighted by Crippen LogP contribution is 2.20. The number of Topliss-reactive ketones (excluding diaryl/α,β-unsaturated/α-hetero) is 1. The fourth-order valence-electron chi connectivity index (χ4n) is 2.02. The average Bonchev–Trinajstić information content (AvgIpc) is 2.42. The number of anilines is 1. The van der Waals surface area contributed by atoms with Crippen molar-refractivity contribution in [2.24, 2.45) is 0 Å². The lowest BCUT2D eigenvalue weighted by atomic mass is 10.0. The summed E-state index contributed by atoms with van der Waals surface area (Å²) < 4.78 is 13.3. The summed E-state index contributed by atoms with van der Waals surface area (Å²) in [6.45, 7) is 0. The molecule has 104 valence electrons. The minimum Gasteiger partial charge on any atom is -0.399 e. The first-order chi connectivity index (χ1) is 9.56. The Hall–Kier alpha value is -1.87. The summed E-state index contributed by atoms with van der Waals surface area (Å²) in [5, 5.41) is 0.0322. The van der Waals surface area contributed by atoms with Gasteiger partial charge in [0.1, 0.15) is 11.6 Å². The Morgan fingerprint density at radius 2 is 1.95 bits per heavy atom. The normalized spacial score (nSPS) is 10.5. The van der Waals surface area contributed by atoms with Gasteiger partial charge in [0.05, 0.1) is 5.02 Å². The second-order valence-corrected chi connectivity index (χ2v) is 5.05. The number of carbonyl (C=O) groups is 1. The van der Waals surface area contributed by atoms with Gasteiger partial charge in [-0.15, -0.1) is 0 Å². The predicted octanol–water partition coefficient (Wildman–Crippen LogP) is 3.81. The summed E-state index contributed by atoms with van der Waals surface area (Å²) in [4.78, 5) is 11.9. The molecule has 2 aromatic rings. The molecule has 0 heterocycles. The first-order valence-electron chi connectivity index (χ1n) is 6.35. The summed E-state index contributed by atoms with van der Waals surface area (Å²) in [6.07, 6.45) is 1.16. The van der Waals surface area contributed by atoms with Crippen LogP contribution in [0.15, 0.2) is 42.5 Å². The van der Waals surface area contributed by atoms with Crippen LogP contribution in [0.5, 0.6) is 0 Å². The van der Waals surface area contributed by atoms with Gasteiger partial charge in [-0.3, -0.25) is 4.79 Å². The van der Waals surface area contributed by atoms with Gasteiger partial charge in [-0.05, 0) is 35.7 Å². The molecule has 0 saturated heterocycles. The van der Waals surface area contributed by atoms with Crippen LogP contribution in [0.25, 0.3) is 0 Å². The van der Waals surface area contributed by atoms with E-state index < -0.39 is 5.82 Å². The monoisotopic (exact) mass is 291 g/mol. The van der Waals surface area contributed by atoms with Gasteiger partial charge >= 0.3 is 0 Å². The molecule has 0 aliphatic carbocycles. The number of carbonyl (C=O) groups excluding carboxylic acids is 1. The van der Waals surface area contributed by atoms with Crippen molar-refractivity contribution in [3.05, 3.63) is 64.4 Å². The van der Waals surface area contributed by atoms with E-state index >= 15 is 0 Å². The van der Waals surface area contributed by atoms with E-state index in [1.807, 2.05) is 18.2 Å². The predicted molar refractivity (Wildman–Crippen MR) is 79.3 cm³/mol. The molecule has 0 aromatic heterocycles. The van der Waals surface area contributed by atoms with Crippen molar-refractivity contribution in [3.63, 3.8) is 0 Å². The summed E-state index contributed by atoms with van der Waals surface area (Å²) in [5.74, 6) is -0.465. The molecule has 0 fully saturated rings. The molecule has 2 N–H and O–H groups in total. The Morgan fingerprint density at radius 1 is 1.20 bits per heavy atom. The van der Waals surface area contributed by atoms with Crippen molar-refractivity contribution < 1.29 is 9.18 Å². The van der Waals surface area contributed by atoms with Gasteiger partial charge in [0.25, 0.3) is 0 Å². The molecular weight excluding hydrogens is 277 g/mol. The van der Waals surface area contributed by atoms with E-state index in [2.05, 4.69) is 0 Å². The van der Waals surface area contributed by atoms with Crippen LogP contribution in [-0.2, 0) is 17.6 Å². The van der Waals surface area contributed by atoms with E-state index in [4.69, 9.17) is 17.3 Å². The van der Waals surface area contributed by atoms with Gasteiger partial charge in [-0.1, -0.05) is 35.9 Å². The second kappa shape index (κ2) is 6.53. The number of halogens is 2. The Morgan fingerprint density at radius 3 is 2.70 bits per heavy atom. The molecule has 20 heavy (non-hydrogen) atoms. The number of nitrogens with two attached hydrogens (primary N) is 1. The summed E-state index contributed by atoms with van der Waals surface area (Å²) in [5.41, 5.74) is 7.91. The topological polar surface area (TPSA) is 43.1 Å². The fourth-order valence-corrected chi connectivity index (χ4v) is 2.21. The quantitative estimate of drug-likeness (QED) is 0.851. The van der Waals surface area contributed by atoms with E-state index in [1.165, 1.54) is 6.07 Å². The largest absolute Gasteiger partial charge is 0.399 e. The molecule has 0 saturated carbocycles. The molecule has 2 rings (SSSR count). The van der Waals surface area contributed by atoms with E-state index in [9.17, 15) is 9.18 Å². The third-order valence-corrected chi connectivity index (χ3v) is 3.49. The summed E-state index contributed by atoms with van der Waals surface area (Å²) in [6, 6.07) is 12.0. The number of aryl methyl sites for hydroxylation is 1. The zero-order valence-corrected chi connectivity index (χ0v) is 11.7. The fraction of sp³-hybridized carbons (Fsp3) is 0.188. The van der Waals surface area contributed by atoms with Crippen molar-refractivity contribution in [3.8, 4) is 0 Å². The van der Waals surface area contributed by atoms with Gasteiger partial charge in [0.2, 0.25) is 0 Å². The molecule has 0 radical (unpaired) electrons. The Labute approximate surface area is 122 Å². The zero-order valence-electron chi connectivity index (χ0n) is 10.9. The van der Waals surface area contributed by atoms with Crippen molar-refractivity contribution in [2.45, 2.75) is 19.3 Å². The molecule has 2 nitrogen and oxygen atoms in total. The van der Waals surface area contributed by atoms with Crippen molar-refractivity contribution >= 4 is 23.1 Å². The van der Waals surface area contributed by atoms with Gasteiger partial charge in [-0.2, -0.15) is 0 Å². The lowest BCUT2D eigenvalue weighted by Crippen LogP contribution is -2.05. The Kier molecular flexibility index (Phi) is 4.74. The first kappa shape index (κ1) is 14.5. The molecule has 0 bridgehead atoms. The minimum atomic E-state index is -0.493. The van der Waals surface area contributed by atoms with Crippen LogP contribution < -0.4 is 5.73 Å². The molecule has 0 spiro atoms. The Balaban J connectivity index is 1.94. The van der Waals surface area contributed by atoms with Crippen LogP contribution in [-0.4, -0.2) is 5.78 Å². The second-order valence-electron chi connectivity index (χ2n) is 4.67. The maximum Gasteiger partial charge on any atom is 0.142 e. The maximum atomic E-state index is 13.3. The molecule has 0 atom stereocenters. The number of rotatable bonds is 5.